The summed E-state index contributed by atoms with van der Waals surface area (Å²) in [5.41, 5.74) is 0.0918. The van der Waals surface area contributed by atoms with E-state index in [2.05, 4.69) is 22.7 Å². The molecule has 4 rings (SSSR count). The molecule has 0 amide bonds. The number of nitriles is 1. The first-order chi connectivity index (χ1) is 28.1. The van der Waals surface area contributed by atoms with Crippen molar-refractivity contribution in [2.45, 2.75) is 41.9 Å². The molecule has 0 N–H and O–H groups in total. The SMILES string of the molecule is [C-]#[N+]C(C#N)=C1Sc2c(OC(=O)c3ccc(OCOOCCCCC(=O)OC=C)cc3)ccc(OC(=O)c3ccc(OC(=O)OCCCCOC(=O)C=C)cc3)c2S1. The maximum absolute atomic E-state index is 13.2. The number of esters is 4. The number of hydrogen-bond donors (Lipinski definition) is 0. The van der Waals surface area contributed by atoms with Gasteiger partial charge in [0.25, 0.3) is 5.70 Å². The van der Waals surface area contributed by atoms with Gasteiger partial charge in [-0.2, -0.15) is 4.89 Å². The van der Waals surface area contributed by atoms with Crippen molar-refractivity contribution in [3.05, 3.63) is 119 Å². The highest BCUT2D eigenvalue weighted by Crippen LogP contribution is 2.59. The highest BCUT2D eigenvalue weighted by molar-refractivity contribution is 8.24. The Bertz CT molecular complexity index is 2090. The van der Waals surface area contributed by atoms with Crippen molar-refractivity contribution in [1.82, 2.24) is 0 Å². The van der Waals surface area contributed by atoms with Gasteiger partial charge in [-0.3, -0.25) is 4.79 Å². The smallest absolute Gasteiger partial charge is 0.465 e. The number of unbranched alkanes of at least 4 members (excludes halogenated alkanes) is 2. The zero-order valence-electron chi connectivity index (χ0n) is 30.6. The summed E-state index contributed by atoms with van der Waals surface area (Å²) in [7, 11) is 0. The van der Waals surface area contributed by atoms with Gasteiger partial charge in [-0.25, -0.2) is 34.2 Å². The highest BCUT2D eigenvalue weighted by atomic mass is 32.2. The van der Waals surface area contributed by atoms with Gasteiger partial charge in [0.05, 0.1) is 63.9 Å². The van der Waals surface area contributed by atoms with E-state index in [-0.39, 0.29) is 73.1 Å². The summed E-state index contributed by atoms with van der Waals surface area (Å²) in [4.78, 5) is 74.7. The molecule has 58 heavy (non-hydrogen) atoms. The van der Waals surface area contributed by atoms with E-state index in [9.17, 15) is 29.2 Å². The lowest BCUT2D eigenvalue weighted by Gasteiger charge is -2.12. The summed E-state index contributed by atoms with van der Waals surface area (Å²) in [5, 5.41) is 9.52. The predicted molar refractivity (Wildman–Crippen MR) is 205 cm³/mol. The van der Waals surface area contributed by atoms with Gasteiger partial charge >= 0.3 is 30.0 Å². The van der Waals surface area contributed by atoms with E-state index in [0.717, 1.165) is 35.9 Å². The van der Waals surface area contributed by atoms with E-state index in [1.165, 1.54) is 60.7 Å². The van der Waals surface area contributed by atoms with E-state index in [1.54, 1.807) is 0 Å². The molecule has 0 bridgehead atoms. The quantitative estimate of drug-likeness (QED) is 0.00811. The molecule has 0 aromatic heterocycles. The average molecular weight is 831 g/mol. The normalized spacial score (nSPS) is 12.0. The number of hydrogen-bond acceptors (Lipinski definition) is 17. The lowest BCUT2D eigenvalue weighted by Crippen LogP contribution is -2.13. The number of carbonyl (C=O) groups excluding carboxylic acids is 5. The van der Waals surface area contributed by atoms with Crippen molar-refractivity contribution in [2.75, 3.05) is 26.6 Å². The van der Waals surface area contributed by atoms with Crippen LogP contribution in [0.15, 0.2) is 106 Å². The van der Waals surface area contributed by atoms with E-state index in [4.69, 9.17) is 44.8 Å². The average Bonchev–Trinajstić information content (AvgIpc) is 3.68. The summed E-state index contributed by atoms with van der Waals surface area (Å²) in [5.74, 6) is -1.74. The molecule has 0 saturated heterocycles. The first-order valence-corrected chi connectivity index (χ1v) is 18.8. The standard InChI is InChI=1S/C40H34N2O14S2/c1-4-33(43)49-21-8-9-22-50-40(47)54-29-17-13-27(14-18-29)38(46)56-32-20-19-31(35-36(32)58-39(57-35)30(24-41)42-3)55-37(45)26-11-15-28(16-12-26)51-25-53-52-23-7-6-10-34(44)48-5-2/h4-5,11-20H,1-2,6-10,21-23,25H2. The number of allylic oxidation sites excluding steroid dienone is 1. The molecule has 1 aliphatic rings. The Morgan fingerprint density at radius 3 is 1.84 bits per heavy atom. The van der Waals surface area contributed by atoms with Crippen LogP contribution in [-0.2, 0) is 33.6 Å². The molecule has 16 nitrogen and oxygen atoms in total. The maximum Gasteiger partial charge on any atom is 0.513 e. The largest absolute Gasteiger partial charge is 0.513 e. The van der Waals surface area contributed by atoms with Crippen LogP contribution in [0.25, 0.3) is 4.85 Å². The van der Waals surface area contributed by atoms with Gasteiger partial charge in [0.15, 0.2) is 0 Å². The van der Waals surface area contributed by atoms with Crippen molar-refractivity contribution >= 4 is 53.6 Å². The Balaban J connectivity index is 1.32. The van der Waals surface area contributed by atoms with Gasteiger partial charge in [0.1, 0.15) is 23.0 Å². The molecular formula is C40H34N2O14S2. The molecule has 0 saturated carbocycles. The molecule has 0 aliphatic carbocycles. The Hall–Kier alpha value is -6.57. The second kappa shape index (κ2) is 23.5. The van der Waals surface area contributed by atoms with Crippen LogP contribution >= 0.6 is 23.5 Å². The Labute approximate surface area is 340 Å². The molecule has 0 spiro atoms. The first kappa shape index (κ1) is 44.1. The van der Waals surface area contributed by atoms with Gasteiger partial charge in [0.2, 0.25) is 6.79 Å². The minimum atomic E-state index is -0.960. The summed E-state index contributed by atoms with van der Waals surface area (Å²) < 4.78 is 36.8. The number of benzene rings is 3. The van der Waals surface area contributed by atoms with Crippen LogP contribution in [0.4, 0.5) is 4.79 Å². The van der Waals surface area contributed by atoms with Crippen LogP contribution < -0.4 is 18.9 Å². The third-order valence-corrected chi connectivity index (χ3v) is 9.83. The lowest BCUT2D eigenvalue weighted by atomic mass is 10.2. The van der Waals surface area contributed by atoms with Crippen LogP contribution in [0.3, 0.4) is 0 Å². The van der Waals surface area contributed by atoms with Crippen LogP contribution in [0.5, 0.6) is 23.0 Å². The monoisotopic (exact) mass is 830 g/mol. The second-order valence-corrected chi connectivity index (χ2v) is 13.5. The summed E-state index contributed by atoms with van der Waals surface area (Å²) in [6, 6.07) is 16.2. The number of rotatable bonds is 21. The molecule has 0 unspecified atom stereocenters. The van der Waals surface area contributed by atoms with E-state index >= 15 is 0 Å². The zero-order chi connectivity index (χ0) is 41.7. The second-order valence-electron chi connectivity index (χ2n) is 11.2. The van der Waals surface area contributed by atoms with Crippen molar-refractivity contribution < 1.29 is 66.9 Å². The fourth-order valence-corrected chi connectivity index (χ4v) is 6.92. The Morgan fingerprint density at radius 1 is 0.724 bits per heavy atom. The molecule has 3 aromatic carbocycles. The van der Waals surface area contributed by atoms with Gasteiger partial charge in [-0.05, 0) is 86.3 Å². The summed E-state index contributed by atoms with van der Waals surface area (Å²) >= 11 is 2.04. The van der Waals surface area contributed by atoms with Gasteiger partial charge in [-0.1, -0.05) is 36.7 Å². The van der Waals surface area contributed by atoms with Crippen molar-refractivity contribution in [3.63, 3.8) is 0 Å². The number of ether oxygens (including phenoxy) is 7. The molecule has 3 aromatic rings. The van der Waals surface area contributed by atoms with Crippen LogP contribution in [0, 0.1) is 17.9 Å². The fraction of sp³-hybridized carbons (Fsp3) is 0.225. The summed E-state index contributed by atoms with van der Waals surface area (Å²) in [6.07, 6.45) is 3.41. The molecule has 1 heterocycles. The molecule has 18 heteroatoms. The van der Waals surface area contributed by atoms with Crippen molar-refractivity contribution in [1.29, 1.82) is 5.26 Å². The van der Waals surface area contributed by atoms with Crippen molar-refractivity contribution in [3.8, 4) is 29.1 Å². The third kappa shape index (κ3) is 13.9. The van der Waals surface area contributed by atoms with Gasteiger partial charge in [-0.15, -0.1) is 0 Å². The molecule has 1 aliphatic heterocycles. The topological polar surface area (TPSA) is 197 Å². The van der Waals surface area contributed by atoms with Crippen LogP contribution in [0.1, 0.15) is 52.8 Å². The Morgan fingerprint density at radius 2 is 1.29 bits per heavy atom. The molecular weight excluding hydrogens is 797 g/mol. The number of thioether (sulfide) groups is 2. The number of fused-ring (bicyclic) bond motifs is 1. The number of carbonyl (C=O) groups is 5. The van der Waals surface area contributed by atoms with Gasteiger partial charge < -0.3 is 33.2 Å². The predicted octanol–water partition coefficient (Wildman–Crippen LogP) is 8.10. The first-order valence-electron chi connectivity index (χ1n) is 17.2. The summed E-state index contributed by atoms with van der Waals surface area (Å²) in [6.45, 7) is 14.2. The van der Waals surface area contributed by atoms with E-state index in [0.29, 0.717) is 45.5 Å². The molecule has 0 radical (unpaired) electrons. The fourth-order valence-electron chi connectivity index (χ4n) is 4.45. The minimum absolute atomic E-state index is 0.0365. The molecule has 300 valence electrons. The van der Waals surface area contributed by atoms with Crippen LogP contribution in [-0.4, -0.2) is 56.6 Å². The molecule has 0 fully saturated rings. The number of nitrogens with zero attached hydrogens (tertiary/aromatic N) is 2. The van der Waals surface area contributed by atoms with Crippen LogP contribution in [0.2, 0.25) is 0 Å². The van der Waals surface area contributed by atoms with Gasteiger partial charge in [0, 0.05) is 12.5 Å². The Kier molecular flexibility index (Phi) is 17.9. The minimum Gasteiger partial charge on any atom is -0.465 e. The lowest BCUT2D eigenvalue weighted by molar-refractivity contribution is -0.323. The van der Waals surface area contributed by atoms with E-state index in [1.807, 2.05) is 6.07 Å². The molecule has 0 atom stereocenters. The highest BCUT2D eigenvalue weighted by Gasteiger charge is 2.30. The van der Waals surface area contributed by atoms with E-state index < -0.39 is 24.1 Å². The van der Waals surface area contributed by atoms with Crippen molar-refractivity contribution in [2.24, 2.45) is 0 Å². The zero-order valence-corrected chi connectivity index (χ0v) is 32.3. The maximum atomic E-state index is 13.2. The third-order valence-electron chi connectivity index (χ3n) is 7.23.